The third-order valence-corrected chi connectivity index (χ3v) is 4.64. The van der Waals surface area contributed by atoms with Crippen molar-refractivity contribution in [3.63, 3.8) is 0 Å². The van der Waals surface area contributed by atoms with Gasteiger partial charge in [0.25, 0.3) is 5.91 Å². The molecular formula is C21H24N2O5. The van der Waals surface area contributed by atoms with Crippen molar-refractivity contribution < 1.29 is 23.8 Å². The maximum absolute atomic E-state index is 12.4. The Labute approximate surface area is 164 Å². The maximum atomic E-state index is 12.4. The van der Waals surface area contributed by atoms with E-state index in [0.717, 1.165) is 23.2 Å². The summed E-state index contributed by atoms with van der Waals surface area (Å²) in [4.78, 5) is 26.2. The van der Waals surface area contributed by atoms with Gasteiger partial charge in [0.15, 0.2) is 11.5 Å². The lowest BCUT2D eigenvalue weighted by Crippen LogP contribution is -2.31. The minimum Gasteiger partial charge on any atom is -0.493 e. The van der Waals surface area contributed by atoms with Gasteiger partial charge in [0.1, 0.15) is 6.61 Å². The molecule has 7 heteroatoms. The molecule has 0 atom stereocenters. The van der Waals surface area contributed by atoms with E-state index < -0.39 is 0 Å². The van der Waals surface area contributed by atoms with Gasteiger partial charge in [-0.25, -0.2) is 0 Å². The summed E-state index contributed by atoms with van der Waals surface area (Å²) in [6.45, 7) is 0.684. The molecule has 1 aliphatic heterocycles. The molecular weight excluding hydrogens is 360 g/mol. The van der Waals surface area contributed by atoms with Crippen LogP contribution in [0.3, 0.4) is 0 Å². The van der Waals surface area contributed by atoms with Gasteiger partial charge >= 0.3 is 0 Å². The second-order valence-electron chi connectivity index (χ2n) is 6.49. The number of nitrogens with one attached hydrogen (secondary N) is 1. The molecule has 3 rings (SSSR count). The van der Waals surface area contributed by atoms with Gasteiger partial charge in [-0.15, -0.1) is 0 Å². The Kier molecular flexibility index (Phi) is 6.16. The van der Waals surface area contributed by atoms with Gasteiger partial charge in [-0.3, -0.25) is 9.59 Å². The van der Waals surface area contributed by atoms with Crippen LogP contribution in [-0.4, -0.2) is 46.3 Å². The number of carbonyl (C=O) groups excluding carboxylic acids is 2. The largest absolute Gasteiger partial charge is 0.493 e. The normalized spacial score (nSPS) is 12.5. The lowest BCUT2D eigenvalue weighted by molar-refractivity contribution is -0.122. The first-order valence-electron chi connectivity index (χ1n) is 8.98. The van der Waals surface area contributed by atoms with Crippen molar-refractivity contribution in [2.24, 2.45) is 0 Å². The van der Waals surface area contributed by atoms with Crippen molar-refractivity contribution in [3.8, 4) is 11.5 Å². The SMILES string of the molecule is COCC(=O)N1CCc2cc(NC(=O)Cc3ccc(OC)c(OC)c3)ccc21. The van der Waals surface area contributed by atoms with Crippen LogP contribution in [0.25, 0.3) is 0 Å². The first-order chi connectivity index (χ1) is 13.5. The summed E-state index contributed by atoms with van der Waals surface area (Å²) in [7, 11) is 4.64. The van der Waals surface area contributed by atoms with E-state index in [1.165, 1.54) is 7.11 Å². The summed E-state index contributed by atoms with van der Waals surface area (Å²) in [6.07, 6.45) is 0.972. The molecule has 2 aromatic carbocycles. The van der Waals surface area contributed by atoms with E-state index in [1.54, 1.807) is 31.3 Å². The molecule has 0 unspecified atom stereocenters. The van der Waals surface area contributed by atoms with E-state index >= 15 is 0 Å². The molecule has 1 N–H and O–H groups in total. The molecule has 0 bridgehead atoms. The average Bonchev–Trinajstić information content (AvgIpc) is 3.11. The summed E-state index contributed by atoms with van der Waals surface area (Å²) < 4.78 is 15.4. The number of methoxy groups -OCH3 is 3. The molecule has 0 saturated heterocycles. The topological polar surface area (TPSA) is 77.1 Å². The minimum atomic E-state index is -0.127. The fourth-order valence-corrected chi connectivity index (χ4v) is 3.32. The van der Waals surface area contributed by atoms with Gasteiger partial charge in [0.2, 0.25) is 5.91 Å². The Hall–Kier alpha value is -3.06. The summed E-state index contributed by atoms with van der Waals surface area (Å²) in [5.74, 6) is 1.02. The molecule has 0 aromatic heterocycles. The third kappa shape index (κ3) is 4.26. The van der Waals surface area contributed by atoms with Gasteiger partial charge in [0.05, 0.1) is 20.6 Å². The molecule has 148 valence electrons. The molecule has 2 amide bonds. The quantitative estimate of drug-likeness (QED) is 0.793. The van der Waals surface area contributed by atoms with Gasteiger partial charge in [0, 0.05) is 25.0 Å². The molecule has 7 nitrogen and oxygen atoms in total. The van der Waals surface area contributed by atoms with Crippen LogP contribution in [0.2, 0.25) is 0 Å². The summed E-state index contributed by atoms with van der Waals surface area (Å²) in [5, 5.41) is 2.92. The van der Waals surface area contributed by atoms with Crippen molar-refractivity contribution in [1.29, 1.82) is 0 Å². The van der Waals surface area contributed by atoms with Crippen molar-refractivity contribution >= 4 is 23.2 Å². The minimum absolute atomic E-state index is 0.0588. The molecule has 0 radical (unpaired) electrons. The van der Waals surface area contributed by atoms with Crippen LogP contribution in [0.4, 0.5) is 11.4 Å². The molecule has 0 fully saturated rings. The van der Waals surface area contributed by atoms with E-state index in [4.69, 9.17) is 14.2 Å². The smallest absolute Gasteiger partial charge is 0.252 e. The number of hydrogen-bond donors (Lipinski definition) is 1. The molecule has 2 aromatic rings. The second kappa shape index (κ2) is 8.75. The zero-order valence-electron chi connectivity index (χ0n) is 16.3. The molecule has 0 aliphatic carbocycles. The highest BCUT2D eigenvalue weighted by atomic mass is 16.5. The number of hydrogen-bond acceptors (Lipinski definition) is 5. The Balaban J connectivity index is 1.66. The third-order valence-electron chi connectivity index (χ3n) is 4.64. The second-order valence-corrected chi connectivity index (χ2v) is 6.49. The van der Waals surface area contributed by atoms with Crippen LogP contribution < -0.4 is 19.7 Å². The van der Waals surface area contributed by atoms with Crippen molar-refractivity contribution in [2.75, 3.05) is 44.7 Å². The average molecular weight is 384 g/mol. The fourth-order valence-electron chi connectivity index (χ4n) is 3.32. The Morgan fingerprint density at radius 1 is 1.04 bits per heavy atom. The van der Waals surface area contributed by atoms with E-state index in [2.05, 4.69) is 5.32 Å². The van der Waals surface area contributed by atoms with Crippen LogP contribution in [-0.2, 0) is 27.2 Å². The standard InChI is InChI=1S/C21H24N2O5/c1-26-13-21(25)23-9-8-15-12-16(5-6-17(15)23)22-20(24)11-14-4-7-18(27-2)19(10-14)28-3/h4-7,10,12H,8-9,11,13H2,1-3H3,(H,22,24). The van der Waals surface area contributed by atoms with E-state index in [-0.39, 0.29) is 24.8 Å². The fraction of sp³-hybridized carbons (Fsp3) is 0.333. The van der Waals surface area contributed by atoms with Crippen LogP contribution in [0.5, 0.6) is 11.5 Å². The molecule has 0 spiro atoms. The summed E-state index contributed by atoms with van der Waals surface area (Å²) in [5.41, 5.74) is 3.45. The lowest BCUT2D eigenvalue weighted by Gasteiger charge is -2.17. The Morgan fingerprint density at radius 3 is 2.54 bits per heavy atom. The first-order valence-corrected chi connectivity index (χ1v) is 8.98. The van der Waals surface area contributed by atoms with Gasteiger partial charge in [-0.1, -0.05) is 6.07 Å². The molecule has 0 saturated carbocycles. The number of nitrogens with zero attached hydrogens (tertiary/aromatic N) is 1. The highest BCUT2D eigenvalue weighted by Crippen LogP contribution is 2.31. The van der Waals surface area contributed by atoms with E-state index in [0.29, 0.717) is 23.7 Å². The van der Waals surface area contributed by atoms with Gasteiger partial charge in [-0.05, 0) is 47.9 Å². The zero-order chi connectivity index (χ0) is 20.1. The zero-order valence-corrected chi connectivity index (χ0v) is 16.3. The highest BCUT2D eigenvalue weighted by molar-refractivity contribution is 5.97. The van der Waals surface area contributed by atoms with E-state index in [9.17, 15) is 9.59 Å². The monoisotopic (exact) mass is 384 g/mol. The Morgan fingerprint density at radius 2 is 1.82 bits per heavy atom. The number of ether oxygens (including phenoxy) is 3. The molecule has 1 aliphatic rings. The maximum Gasteiger partial charge on any atom is 0.252 e. The van der Waals surface area contributed by atoms with Gasteiger partial charge < -0.3 is 24.4 Å². The van der Waals surface area contributed by atoms with Crippen molar-refractivity contribution in [1.82, 2.24) is 0 Å². The number of carbonyl (C=O) groups is 2. The van der Waals surface area contributed by atoms with E-state index in [1.807, 2.05) is 24.3 Å². The molecule has 28 heavy (non-hydrogen) atoms. The van der Waals surface area contributed by atoms with Crippen LogP contribution in [0.1, 0.15) is 11.1 Å². The van der Waals surface area contributed by atoms with Gasteiger partial charge in [-0.2, -0.15) is 0 Å². The predicted octanol–water partition coefficient (Wildman–Crippen LogP) is 2.42. The predicted molar refractivity (Wildman–Crippen MR) is 106 cm³/mol. The number of anilines is 2. The summed E-state index contributed by atoms with van der Waals surface area (Å²) in [6, 6.07) is 11.0. The lowest BCUT2D eigenvalue weighted by atomic mass is 10.1. The highest BCUT2D eigenvalue weighted by Gasteiger charge is 2.24. The number of amides is 2. The van der Waals surface area contributed by atoms with Crippen LogP contribution >= 0.6 is 0 Å². The first kappa shape index (κ1) is 19.7. The molecule has 1 heterocycles. The number of benzene rings is 2. The van der Waals surface area contributed by atoms with Crippen LogP contribution in [0, 0.1) is 0 Å². The summed E-state index contributed by atoms with van der Waals surface area (Å²) >= 11 is 0. The van der Waals surface area contributed by atoms with Crippen LogP contribution in [0.15, 0.2) is 36.4 Å². The number of fused-ring (bicyclic) bond motifs is 1. The van der Waals surface area contributed by atoms with Crippen molar-refractivity contribution in [3.05, 3.63) is 47.5 Å². The Bertz CT molecular complexity index is 881. The van der Waals surface area contributed by atoms with Crippen molar-refractivity contribution in [2.45, 2.75) is 12.8 Å². The number of rotatable bonds is 7.